The Hall–Kier alpha value is -3.24. The van der Waals surface area contributed by atoms with Gasteiger partial charge in [-0.15, -0.1) is 0 Å². The number of rotatable bonds is 7. The molecular formula is C20H22N4O3. The van der Waals surface area contributed by atoms with Crippen LogP contribution in [0.3, 0.4) is 0 Å². The number of nitriles is 1. The van der Waals surface area contributed by atoms with Crippen molar-refractivity contribution >= 4 is 11.0 Å². The van der Waals surface area contributed by atoms with Crippen LogP contribution in [0.5, 0.6) is 17.2 Å². The number of nitrogens with one attached hydrogen (secondary N) is 1. The largest absolute Gasteiger partial charge is 0.497 e. The number of imidazole rings is 1. The van der Waals surface area contributed by atoms with E-state index in [1.54, 1.807) is 26.4 Å². The Morgan fingerprint density at radius 1 is 1.11 bits per heavy atom. The van der Waals surface area contributed by atoms with Gasteiger partial charge in [0, 0.05) is 18.2 Å². The Morgan fingerprint density at radius 3 is 2.41 bits per heavy atom. The second-order valence-electron chi connectivity index (χ2n) is 6.29. The Morgan fingerprint density at radius 2 is 1.81 bits per heavy atom. The monoisotopic (exact) mass is 366 g/mol. The molecule has 0 bridgehead atoms. The van der Waals surface area contributed by atoms with Gasteiger partial charge < -0.3 is 24.1 Å². The molecule has 27 heavy (non-hydrogen) atoms. The lowest BCUT2D eigenvalue weighted by Crippen LogP contribution is -2.19. The summed E-state index contributed by atoms with van der Waals surface area (Å²) in [5, 5.41) is 9.63. The van der Waals surface area contributed by atoms with E-state index in [-0.39, 0.29) is 0 Å². The fourth-order valence-corrected chi connectivity index (χ4v) is 2.70. The van der Waals surface area contributed by atoms with Gasteiger partial charge in [0.1, 0.15) is 46.8 Å². The Bertz CT molecular complexity index is 967. The summed E-state index contributed by atoms with van der Waals surface area (Å²) in [5.41, 5.74) is 2.57. The van der Waals surface area contributed by atoms with Gasteiger partial charge >= 0.3 is 0 Å². The number of hydrogen-bond donors (Lipinski definition) is 1. The van der Waals surface area contributed by atoms with Gasteiger partial charge in [-0.3, -0.25) is 0 Å². The van der Waals surface area contributed by atoms with Crippen molar-refractivity contribution in [2.75, 3.05) is 41.5 Å². The van der Waals surface area contributed by atoms with Gasteiger partial charge in [-0.05, 0) is 38.4 Å². The van der Waals surface area contributed by atoms with Crippen LogP contribution in [0.25, 0.3) is 22.4 Å². The predicted molar refractivity (Wildman–Crippen MR) is 103 cm³/mol. The Labute approximate surface area is 158 Å². The van der Waals surface area contributed by atoms with Crippen molar-refractivity contribution in [3.05, 3.63) is 35.9 Å². The van der Waals surface area contributed by atoms with Crippen molar-refractivity contribution in [2.24, 2.45) is 0 Å². The van der Waals surface area contributed by atoms with Gasteiger partial charge in [0.25, 0.3) is 0 Å². The molecule has 3 aromatic rings. The van der Waals surface area contributed by atoms with Crippen LogP contribution in [-0.4, -0.2) is 56.3 Å². The zero-order valence-corrected chi connectivity index (χ0v) is 15.9. The highest BCUT2D eigenvalue weighted by molar-refractivity contribution is 5.87. The number of likely N-dealkylation sites (N-methyl/N-ethyl adjacent to an activating group) is 1. The molecular weight excluding hydrogens is 344 g/mol. The van der Waals surface area contributed by atoms with Gasteiger partial charge in [0.05, 0.1) is 19.7 Å². The van der Waals surface area contributed by atoms with Crippen molar-refractivity contribution in [1.82, 2.24) is 14.9 Å². The highest BCUT2D eigenvalue weighted by Gasteiger charge is 2.15. The first-order valence-corrected chi connectivity index (χ1v) is 8.49. The number of aromatic amines is 1. The van der Waals surface area contributed by atoms with Crippen molar-refractivity contribution in [3.63, 3.8) is 0 Å². The maximum Gasteiger partial charge on any atom is 0.139 e. The number of ether oxygens (including phenoxy) is 3. The van der Waals surface area contributed by atoms with Crippen LogP contribution in [0.15, 0.2) is 30.3 Å². The van der Waals surface area contributed by atoms with Crippen LogP contribution in [-0.2, 0) is 0 Å². The Kier molecular flexibility index (Phi) is 5.48. The summed E-state index contributed by atoms with van der Waals surface area (Å²) in [4.78, 5) is 9.90. The third-order valence-corrected chi connectivity index (χ3v) is 4.15. The number of nitrogens with zero attached hydrogens (tertiary/aromatic N) is 3. The smallest absolute Gasteiger partial charge is 0.139 e. The van der Waals surface area contributed by atoms with Crippen LogP contribution >= 0.6 is 0 Å². The molecule has 3 rings (SSSR count). The summed E-state index contributed by atoms with van der Waals surface area (Å²) in [6.45, 7) is 1.26. The average Bonchev–Trinajstić information content (AvgIpc) is 3.11. The average molecular weight is 366 g/mol. The van der Waals surface area contributed by atoms with Crippen molar-refractivity contribution in [3.8, 4) is 34.7 Å². The van der Waals surface area contributed by atoms with Gasteiger partial charge in [-0.25, -0.2) is 4.98 Å². The topological polar surface area (TPSA) is 83.4 Å². The summed E-state index contributed by atoms with van der Waals surface area (Å²) >= 11 is 0. The van der Waals surface area contributed by atoms with E-state index in [0.717, 1.165) is 17.6 Å². The first-order chi connectivity index (χ1) is 13.0. The summed E-state index contributed by atoms with van der Waals surface area (Å²) in [7, 11) is 7.14. The third kappa shape index (κ3) is 3.96. The van der Waals surface area contributed by atoms with Gasteiger partial charge in [-0.2, -0.15) is 5.26 Å². The lowest BCUT2D eigenvalue weighted by molar-refractivity contribution is 0.261. The third-order valence-electron chi connectivity index (χ3n) is 4.15. The highest BCUT2D eigenvalue weighted by atomic mass is 16.5. The molecule has 0 saturated carbocycles. The minimum Gasteiger partial charge on any atom is -0.497 e. The second kappa shape index (κ2) is 7.98. The lowest BCUT2D eigenvalue weighted by Gasteiger charge is -2.11. The summed E-state index contributed by atoms with van der Waals surface area (Å²) in [5.74, 6) is 2.49. The predicted octanol–water partition coefficient (Wildman–Crippen LogP) is 3.06. The first-order valence-electron chi connectivity index (χ1n) is 8.49. The number of H-pyrrole nitrogens is 1. The number of hydrogen-bond acceptors (Lipinski definition) is 6. The molecule has 0 aliphatic heterocycles. The summed E-state index contributed by atoms with van der Waals surface area (Å²) < 4.78 is 16.4. The molecule has 0 saturated heterocycles. The van der Waals surface area contributed by atoms with E-state index in [0.29, 0.717) is 40.8 Å². The van der Waals surface area contributed by atoms with Crippen LogP contribution < -0.4 is 14.2 Å². The molecule has 2 aromatic carbocycles. The second-order valence-corrected chi connectivity index (χ2v) is 6.29. The normalized spacial score (nSPS) is 10.8. The zero-order chi connectivity index (χ0) is 19.4. The molecule has 1 aromatic heterocycles. The van der Waals surface area contributed by atoms with Gasteiger partial charge in [0.15, 0.2) is 0 Å². The molecule has 7 heteroatoms. The standard InChI is InChI=1S/C20H22N4O3/c1-24(2)7-8-27-18-6-5-17-19(16(18)12-21)23-20(22-17)13-9-14(25-3)11-15(10-13)26-4/h5-6,9-11H,7-8H2,1-4H3,(H,22,23). The van der Waals surface area contributed by atoms with Crippen molar-refractivity contribution in [1.29, 1.82) is 5.26 Å². The van der Waals surface area contributed by atoms with Crippen molar-refractivity contribution in [2.45, 2.75) is 0 Å². The van der Waals surface area contributed by atoms with Crippen molar-refractivity contribution < 1.29 is 14.2 Å². The molecule has 7 nitrogen and oxygen atoms in total. The zero-order valence-electron chi connectivity index (χ0n) is 15.9. The number of benzene rings is 2. The molecule has 1 N–H and O–H groups in total. The number of methoxy groups -OCH3 is 2. The molecule has 0 aliphatic carbocycles. The molecule has 0 radical (unpaired) electrons. The quantitative estimate of drug-likeness (QED) is 0.692. The fourth-order valence-electron chi connectivity index (χ4n) is 2.70. The van der Waals surface area contributed by atoms with Crippen LogP contribution in [0.1, 0.15) is 5.56 Å². The van der Waals surface area contributed by atoms with E-state index in [4.69, 9.17) is 14.2 Å². The minimum atomic E-state index is 0.420. The molecule has 0 spiro atoms. The van der Waals surface area contributed by atoms with Crippen LogP contribution in [0, 0.1) is 11.3 Å². The minimum absolute atomic E-state index is 0.420. The Balaban J connectivity index is 2.01. The SMILES string of the molecule is COc1cc(OC)cc(-c2nc3c(C#N)c(OCCN(C)C)ccc3[nH]2)c1. The summed E-state index contributed by atoms with van der Waals surface area (Å²) in [6.07, 6.45) is 0. The van der Waals surface area contributed by atoms with E-state index in [1.807, 2.05) is 37.2 Å². The summed E-state index contributed by atoms with van der Waals surface area (Å²) in [6, 6.07) is 11.4. The highest BCUT2D eigenvalue weighted by Crippen LogP contribution is 2.32. The van der Waals surface area contributed by atoms with Crippen LogP contribution in [0.4, 0.5) is 0 Å². The molecule has 1 heterocycles. The molecule has 0 unspecified atom stereocenters. The fraction of sp³-hybridized carbons (Fsp3) is 0.300. The molecule has 0 aliphatic rings. The van der Waals surface area contributed by atoms with E-state index >= 15 is 0 Å². The van der Waals surface area contributed by atoms with E-state index in [2.05, 4.69) is 16.0 Å². The van der Waals surface area contributed by atoms with Crippen LogP contribution in [0.2, 0.25) is 0 Å². The molecule has 0 fully saturated rings. The van der Waals surface area contributed by atoms with Gasteiger partial charge in [-0.1, -0.05) is 0 Å². The van der Waals surface area contributed by atoms with E-state index < -0.39 is 0 Å². The van der Waals surface area contributed by atoms with E-state index in [9.17, 15) is 5.26 Å². The number of fused-ring (bicyclic) bond motifs is 1. The maximum absolute atomic E-state index is 9.63. The maximum atomic E-state index is 9.63. The molecule has 0 amide bonds. The first kappa shape index (κ1) is 18.5. The molecule has 140 valence electrons. The lowest BCUT2D eigenvalue weighted by atomic mass is 10.2. The molecule has 0 atom stereocenters. The number of aromatic nitrogens is 2. The van der Waals surface area contributed by atoms with E-state index in [1.165, 1.54) is 0 Å². The van der Waals surface area contributed by atoms with Gasteiger partial charge in [0.2, 0.25) is 0 Å².